The second-order valence-electron chi connectivity index (χ2n) is 4.25. The number of halogens is 1. The van der Waals surface area contributed by atoms with E-state index in [1.807, 2.05) is 0 Å². The zero-order valence-electron chi connectivity index (χ0n) is 9.65. The van der Waals surface area contributed by atoms with Crippen LogP contribution in [0.1, 0.15) is 19.8 Å². The molecule has 2 rings (SSSR count). The molecule has 4 heteroatoms. The average Bonchev–Trinajstić information content (AvgIpc) is 2.30. The molecule has 1 saturated heterocycles. The van der Waals surface area contributed by atoms with Crippen LogP contribution in [0.2, 0.25) is 0 Å². The molecule has 1 aliphatic rings. The van der Waals surface area contributed by atoms with Crippen molar-refractivity contribution in [1.82, 2.24) is 0 Å². The molecule has 0 bridgehead atoms. The van der Waals surface area contributed by atoms with Crippen LogP contribution >= 0.6 is 0 Å². The maximum atomic E-state index is 13.6. The minimum atomic E-state index is -0.608. The number of carbonyl (C=O) groups excluding carboxylic acids is 2. The van der Waals surface area contributed by atoms with Gasteiger partial charge in [-0.15, -0.1) is 0 Å². The van der Waals surface area contributed by atoms with E-state index in [0.717, 1.165) is 6.42 Å². The summed E-state index contributed by atoms with van der Waals surface area (Å²) < 4.78 is 13.6. The molecule has 0 aliphatic carbocycles. The number of para-hydroxylation sites is 1. The van der Waals surface area contributed by atoms with Gasteiger partial charge in [0, 0.05) is 6.54 Å². The second kappa shape index (κ2) is 4.65. The van der Waals surface area contributed by atoms with E-state index in [9.17, 15) is 14.0 Å². The Kier molecular flexibility index (Phi) is 3.22. The van der Waals surface area contributed by atoms with Crippen LogP contribution in [0.5, 0.6) is 0 Å². The molecule has 1 aromatic rings. The normalized spacial score (nSPS) is 20.5. The molecule has 90 valence electrons. The molecule has 0 radical (unpaired) electrons. The number of ketones is 1. The molecule has 17 heavy (non-hydrogen) atoms. The van der Waals surface area contributed by atoms with E-state index in [2.05, 4.69) is 0 Å². The number of carbonyl (C=O) groups is 2. The summed E-state index contributed by atoms with van der Waals surface area (Å²) in [6, 6.07) is 6.15. The van der Waals surface area contributed by atoms with Crippen molar-refractivity contribution in [2.45, 2.75) is 19.8 Å². The van der Waals surface area contributed by atoms with Crippen molar-refractivity contribution in [3.05, 3.63) is 30.1 Å². The Bertz CT molecular complexity index is 458. The highest BCUT2D eigenvalue weighted by atomic mass is 19.1. The molecule has 1 aromatic carbocycles. The van der Waals surface area contributed by atoms with Gasteiger partial charge in [0.2, 0.25) is 5.91 Å². The van der Waals surface area contributed by atoms with Crippen molar-refractivity contribution in [1.29, 1.82) is 0 Å². The highest BCUT2D eigenvalue weighted by Gasteiger charge is 2.33. The summed E-state index contributed by atoms with van der Waals surface area (Å²) in [5, 5.41) is 0. The van der Waals surface area contributed by atoms with Gasteiger partial charge >= 0.3 is 0 Å². The molecule has 1 unspecified atom stereocenters. The van der Waals surface area contributed by atoms with E-state index < -0.39 is 11.7 Å². The molecule has 1 fully saturated rings. The van der Waals surface area contributed by atoms with Crippen molar-refractivity contribution < 1.29 is 14.0 Å². The SMILES string of the molecule is CC(=O)C1CCCN(c2ccccc2F)C1=O. The van der Waals surface area contributed by atoms with Crippen molar-refractivity contribution in [3.8, 4) is 0 Å². The Morgan fingerprint density at radius 1 is 1.41 bits per heavy atom. The van der Waals surface area contributed by atoms with Crippen molar-refractivity contribution >= 4 is 17.4 Å². The lowest BCUT2D eigenvalue weighted by atomic mass is 9.93. The average molecular weight is 235 g/mol. The Hall–Kier alpha value is -1.71. The van der Waals surface area contributed by atoms with Gasteiger partial charge in [-0.2, -0.15) is 0 Å². The van der Waals surface area contributed by atoms with Crippen LogP contribution in [0.3, 0.4) is 0 Å². The number of hydrogen-bond acceptors (Lipinski definition) is 2. The van der Waals surface area contributed by atoms with E-state index in [-0.39, 0.29) is 17.4 Å². The molecule has 1 atom stereocenters. The Balaban J connectivity index is 2.30. The second-order valence-corrected chi connectivity index (χ2v) is 4.25. The van der Waals surface area contributed by atoms with E-state index in [0.29, 0.717) is 13.0 Å². The first kappa shape index (κ1) is 11.8. The number of amides is 1. The van der Waals surface area contributed by atoms with Gasteiger partial charge in [-0.25, -0.2) is 4.39 Å². The standard InChI is InChI=1S/C13H14FNO2/c1-9(16)10-5-4-8-15(13(10)17)12-7-3-2-6-11(12)14/h2-3,6-7,10H,4-5,8H2,1H3. The van der Waals surface area contributed by atoms with Crippen LogP contribution in [0.25, 0.3) is 0 Å². The smallest absolute Gasteiger partial charge is 0.237 e. The molecule has 0 saturated carbocycles. The lowest BCUT2D eigenvalue weighted by Gasteiger charge is -2.31. The summed E-state index contributed by atoms with van der Waals surface area (Å²) in [5.74, 6) is -1.46. The first-order valence-corrected chi connectivity index (χ1v) is 5.67. The topological polar surface area (TPSA) is 37.4 Å². The highest BCUT2D eigenvalue weighted by Crippen LogP contribution is 2.26. The molecule has 3 nitrogen and oxygen atoms in total. The molecule has 0 aromatic heterocycles. The number of anilines is 1. The summed E-state index contributed by atoms with van der Waals surface area (Å²) in [4.78, 5) is 24.8. The van der Waals surface area contributed by atoms with E-state index in [1.54, 1.807) is 18.2 Å². The fraction of sp³-hybridized carbons (Fsp3) is 0.385. The van der Waals surface area contributed by atoms with Crippen molar-refractivity contribution in [3.63, 3.8) is 0 Å². The lowest BCUT2D eigenvalue weighted by Crippen LogP contribution is -2.44. The number of Topliss-reactive ketones (excluding diaryl/α,β-unsaturated/α-hetero) is 1. The van der Waals surface area contributed by atoms with Crippen molar-refractivity contribution in [2.75, 3.05) is 11.4 Å². The number of piperidine rings is 1. The van der Waals surface area contributed by atoms with Gasteiger partial charge in [-0.3, -0.25) is 9.59 Å². The van der Waals surface area contributed by atoms with Crippen LogP contribution < -0.4 is 4.90 Å². The maximum Gasteiger partial charge on any atom is 0.237 e. The van der Waals surface area contributed by atoms with Gasteiger partial charge in [0.15, 0.2) is 0 Å². The zero-order chi connectivity index (χ0) is 12.4. The lowest BCUT2D eigenvalue weighted by molar-refractivity contribution is -0.132. The van der Waals surface area contributed by atoms with E-state index >= 15 is 0 Å². The van der Waals surface area contributed by atoms with Crippen LogP contribution in [0, 0.1) is 11.7 Å². The quantitative estimate of drug-likeness (QED) is 0.737. The molecular formula is C13H14FNO2. The molecular weight excluding hydrogens is 221 g/mol. The first-order chi connectivity index (χ1) is 8.11. The minimum Gasteiger partial charge on any atom is -0.309 e. The number of benzene rings is 1. The van der Waals surface area contributed by atoms with Gasteiger partial charge in [0.05, 0.1) is 11.6 Å². The van der Waals surface area contributed by atoms with Crippen LogP contribution in [-0.2, 0) is 9.59 Å². The monoisotopic (exact) mass is 235 g/mol. The van der Waals surface area contributed by atoms with Gasteiger partial charge in [-0.05, 0) is 31.9 Å². The van der Waals surface area contributed by atoms with Crippen LogP contribution in [0.4, 0.5) is 10.1 Å². The summed E-state index contributed by atoms with van der Waals surface area (Å²) in [6.07, 6.45) is 1.30. The van der Waals surface area contributed by atoms with Gasteiger partial charge < -0.3 is 4.90 Å². The molecule has 1 aliphatic heterocycles. The Labute approximate surface area is 99.2 Å². The summed E-state index contributed by atoms with van der Waals surface area (Å²) in [5.41, 5.74) is 0.267. The molecule has 0 N–H and O–H groups in total. The number of hydrogen-bond donors (Lipinski definition) is 0. The minimum absolute atomic E-state index is 0.143. The molecule has 1 heterocycles. The van der Waals surface area contributed by atoms with E-state index in [1.165, 1.54) is 17.9 Å². The molecule has 0 spiro atoms. The maximum absolute atomic E-state index is 13.6. The Morgan fingerprint density at radius 2 is 2.12 bits per heavy atom. The third-order valence-electron chi connectivity index (χ3n) is 3.07. The first-order valence-electron chi connectivity index (χ1n) is 5.67. The zero-order valence-corrected chi connectivity index (χ0v) is 9.65. The summed E-state index contributed by atoms with van der Waals surface area (Å²) >= 11 is 0. The van der Waals surface area contributed by atoms with Crippen molar-refractivity contribution in [2.24, 2.45) is 5.92 Å². The van der Waals surface area contributed by atoms with Crippen LogP contribution in [-0.4, -0.2) is 18.2 Å². The van der Waals surface area contributed by atoms with Gasteiger partial charge in [0.1, 0.15) is 11.6 Å². The number of rotatable bonds is 2. The fourth-order valence-electron chi connectivity index (χ4n) is 2.16. The molecule has 1 amide bonds. The highest BCUT2D eigenvalue weighted by molar-refractivity contribution is 6.08. The summed E-state index contributed by atoms with van der Waals surface area (Å²) in [7, 11) is 0. The van der Waals surface area contributed by atoms with E-state index in [4.69, 9.17) is 0 Å². The summed E-state index contributed by atoms with van der Waals surface area (Å²) in [6.45, 7) is 1.89. The number of nitrogens with zero attached hydrogens (tertiary/aromatic N) is 1. The predicted octanol–water partition coefficient (Wildman–Crippen LogP) is 2.16. The van der Waals surface area contributed by atoms with Crippen LogP contribution in [0.15, 0.2) is 24.3 Å². The van der Waals surface area contributed by atoms with Gasteiger partial charge in [-0.1, -0.05) is 12.1 Å². The predicted molar refractivity (Wildman–Crippen MR) is 62.2 cm³/mol. The third-order valence-corrected chi connectivity index (χ3v) is 3.07. The Morgan fingerprint density at radius 3 is 2.76 bits per heavy atom. The van der Waals surface area contributed by atoms with Gasteiger partial charge in [0.25, 0.3) is 0 Å². The largest absolute Gasteiger partial charge is 0.309 e. The fourth-order valence-corrected chi connectivity index (χ4v) is 2.16. The third kappa shape index (κ3) is 2.20.